The molecule has 0 bridgehead atoms. The highest BCUT2D eigenvalue weighted by Gasteiger charge is 2.28. The number of nitrogens with zero attached hydrogens (tertiary/aromatic N) is 3. The van der Waals surface area contributed by atoms with Gasteiger partial charge in [0.25, 0.3) is 5.56 Å². The lowest BCUT2D eigenvalue weighted by molar-refractivity contribution is -0.135. The number of rotatable bonds is 4. The van der Waals surface area contributed by atoms with Gasteiger partial charge < -0.3 is 19.7 Å². The molecule has 2 aromatic heterocycles. The molecule has 5 rings (SSSR count). The number of nitrogens with one attached hydrogen (secondary N) is 1. The third kappa shape index (κ3) is 3.86. The zero-order valence-corrected chi connectivity index (χ0v) is 17.4. The Bertz CT molecular complexity index is 1210. The first kappa shape index (κ1) is 19.6. The number of fused-ring (bicyclic) bond motifs is 2. The summed E-state index contributed by atoms with van der Waals surface area (Å²) in [6.45, 7) is 1.08. The Balaban J connectivity index is 1.17. The minimum Gasteiger partial charge on any atom is -0.454 e. The van der Waals surface area contributed by atoms with Crippen molar-refractivity contribution in [1.29, 1.82) is 0 Å². The summed E-state index contributed by atoms with van der Waals surface area (Å²) in [6, 6.07) is 7.01. The number of piperidine rings is 1. The molecule has 1 aromatic carbocycles. The van der Waals surface area contributed by atoms with Crippen LogP contribution in [-0.2, 0) is 16.1 Å². The van der Waals surface area contributed by atoms with Crippen molar-refractivity contribution in [2.75, 3.05) is 25.2 Å². The Hall–Kier alpha value is -3.40. The maximum Gasteiger partial charge on any atom is 0.262 e. The summed E-state index contributed by atoms with van der Waals surface area (Å²) >= 11 is 1.40. The zero-order chi connectivity index (χ0) is 21.4. The average molecular weight is 440 g/mol. The summed E-state index contributed by atoms with van der Waals surface area (Å²) in [6.07, 6.45) is 2.56. The van der Waals surface area contributed by atoms with E-state index in [-0.39, 0.29) is 36.6 Å². The van der Waals surface area contributed by atoms with Crippen LogP contribution in [0.25, 0.3) is 10.2 Å². The van der Waals surface area contributed by atoms with Gasteiger partial charge in [-0.15, -0.1) is 11.3 Å². The van der Waals surface area contributed by atoms with Crippen LogP contribution in [-0.4, -0.2) is 46.1 Å². The molecule has 1 N–H and O–H groups in total. The Morgan fingerprint density at radius 2 is 1.97 bits per heavy atom. The van der Waals surface area contributed by atoms with Crippen molar-refractivity contribution in [2.24, 2.45) is 5.92 Å². The van der Waals surface area contributed by atoms with Crippen LogP contribution < -0.4 is 20.3 Å². The van der Waals surface area contributed by atoms with Crippen molar-refractivity contribution in [3.63, 3.8) is 0 Å². The minimum absolute atomic E-state index is 0.0499. The van der Waals surface area contributed by atoms with E-state index in [0.717, 1.165) is 0 Å². The van der Waals surface area contributed by atoms with Crippen LogP contribution in [0.1, 0.15) is 12.8 Å². The van der Waals surface area contributed by atoms with Crippen LogP contribution in [0, 0.1) is 5.92 Å². The smallest absolute Gasteiger partial charge is 0.262 e. The molecular weight excluding hydrogens is 420 g/mol. The quantitative estimate of drug-likeness (QED) is 0.666. The summed E-state index contributed by atoms with van der Waals surface area (Å²) < 4.78 is 12.0. The number of hydrogen-bond donors (Lipinski definition) is 1. The van der Waals surface area contributed by atoms with Gasteiger partial charge in [-0.25, -0.2) is 4.98 Å². The van der Waals surface area contributed by atoms with Crippen LogP contribution >= 0.6 is 11.3 Å². The van der Waals surface area contributed by atoms with E-state index in [2.05, 4.69) is 10.3 Å². The van der Waals surface area contributed by atoms with Crippen LogP contribution in [0.15, 0.2) is 40.8 Å². The molecule has 2 amide bonds. The topological polar surface area (TPSA) is 103 Å². The Morgan fingerprint density at radius 3 is 2.81 bits per heavy atom. The Kier molecular flexibility index (Phi) is 5.06. The number of ether oxygens (including phenoxy) is 2. The zero-order valence-electron chi connectivity index (χ0n) is 16.6. The molecular formula is C21H20N4O5S. The van der Waals surface area contributed by atoms with Crippen molar-refractivity contribution in [2.45, 2.75) is 19.4 Å². The lowest BCUT2D eigenvalue weighted by atomic mass is 9.95. The molecule has 31 heavy (non-hydrogen) atoms. The maximum atomic E-state index is 12.7. The van der Waals surface area contributed by atoms with Gasteiger partial charge in [-0.05, 0) is 36.4 Å². The molecule has 4 heterocycles. The predicted octanol–water partition coefficient (Wildman–Crippen LogP) is 2.06. The molecule has 0 radical (unpaired) electrons. The van der Waals surface area contributed by atoms with Gasteiger partial charge in [0, 0.05) is 30.8 Å². The second-order valence-electron chi connectivity index (χ2n) is 7.53. The number of amides is 2. The van der Waals surface area contributed by atoms with E-state index in [1.54, 1.807) is 29.2 Å². The highest BCUT2D eigenvalue weighted by molar-refractivity contribution is 7.16. The van der Waals surface area contributed by atoms with Crippen LogP contribution in [0.5, 0.6) is 11.5 Å². The molecule has 2 aliphatic rings. The largest absolute Gasteiger partial charge is 0.454 e. The van der Waals surface area contributed by atoms with Gasteiger partial charge in [0.15, 0.2) is 11.5 Å². The van der Waals surface area contributed by atoms with E-state index < -0.39 is 0 Å². The number of aromatic nitrogens is 2. The van der Waals surface area contributed by atoms with E-state index in [1.165, 1.54) is 22.2 Å². The molecule has 3 aromatic rings. The molecule has 160 valence electrons. The number of hydrogen-bond acceptors (Lipinski definition) is 7. The maximum absolute atomic E-state index is 12.7. The number of benzene rings is 1. The van der Waals surface area contributed by atoms with Gasteiger partial charge >= 0.3 is 0 Å². The minimum atomic E-state index is -0.211. The monoisotopic (exact) mass is 440 g/mol. The predicted molar refractivity (Wildman–Crippen MR) is 114 cm³/mol. The van der Waals surface area contributed by atoms with E-state index >= 15 is 0 Å². The van der Waals surface area contributed by atoms with Crippen LogP contribution in [0.3, 0.4) is 0 Å². The lowest BCUT2D eigenvalue weighted by Gasteiger charge is -2.31. The molecule has 9 nitrogen and oxygen atoms in total. The molecule has 0 spiro atoms. The van der Waals surface area contributed by atoms with Gasteiger partial charge in [-0.1, -0.05) is 0 Å². The van der Waals surface area contributed by atoms with Gasteiger partial charge in [-0.2, -0.15) is 0 Å². The van der Waals surface area contributed by atoms with E-state index in [4.69, 9.17) is 9.47 Å². The molecule has 0 aliphatic carbocycles. The summed E-state index contributed by atoms with van der Waals surface area (Å²) in [4.78, 5) is 44.4. The first-order chi connectivity index (χ1) is 15.1. The second kappa shape index (κ2) is 8.03. The highest BCUT2D eigenvalue weighted by Crippen LogP contribution is 2.34. The number of carbonyl (C=O) groups excluding carboxylic acids is 2. The fraction of sp³-hybridized carbons (Fsp3) is 0.333. The Morgan fingerprint density at radius 1 is 1.16 bits per heavy atom. The van der Waals surface area contributed by atoms with Crippen molar-refractivity contribution in [3.05, 3.63) is 46.3 Å². The van der Waals surface area contributed by atoms with Crippen molar-refractivity contribution in [3.8, 4) is 11.5 Å². The molecule has 10 heteroatoms. The average Bonchev–Trinajstić information content (AvgIpc) is 3.45. The fourth-order valence-corrected chi connectivity index (χ4v) is 4.58. The van der Waals surface area contributed by atoms with Crippen LogP contribution in [0.2, 0.25) is 0 Å². The summed E-state index contributed by atoms with van der Waals surface area (Å²) in [7, 11) is 0. The van der Waals surface area contributed by atoms with Crippen molar-refractivity contribution < 1.29 is 19.1 Å². The fourth-order valence-electron chi connectivity index (χ4n) is 3.86. The highest BCUT2D eigenvalue weighted by atomic mass is 32.1. The molecule has 0 saturated carbocycles. The molecule has 0 atom stereocenters. The molecule has 1 fully saturated rings. The van der Waals surface area contributed by atoms with Crippen molar-refractivity contribution >= 4 is 39.1 Å². The first-order valence-corrected chi connectivity index (χ1v) is 10.9. The number of likely N-dealkylation sites (tertiary alicyclic amines) is 1. The Labute approximate surface area is 181 Å². The summed E-state index contributed by atoms with van der Waals surface area (Å²) in [5.74, 6) is 0.879. The number of anilines is 1. The lowest BCUT2D eigenvalue weighted by Crippen LogP contribution is -2.43. The van der Waals surface area contributed by atoms with Gasteiger partial charge in [0.1, 0.15) is 11.4 Å². The van der Waals surface area contributed by atoms with Gasteiger partial charge in [-0.3, -0.25) is 19.0 Å². The molecule has 1 saturated heterocycles. The molecule has 0 unspecified atom stereocenters. The first-order valence-electron chi connectivity index (χ1n) is 9.99. The summed E-state index contributed by atoms with van der Waals surface area (Å²) in [5.41, 5.74) is 0.445. The standard InChI is InChI=1S/C21H20N4O5S/c26-18(10-25-11-22-20-15(21(25)28)5-8-31-20)24-6-3-13(4-7-24)19(27)23-14-1-2-16-17(9-14)30-12-29-16/h1-2,5,8-9,11,13H,3-4,6-7,10,12H2,(H,23,27). The molecule has 2 aliphatic heterocycles. The second-order valence-corrected chi connectivity index (χ2v) is 8.42. The third-order valence-electron chi connectivity index (χ3n) is 5.61. The number of thiophene rings is 1. The number of carbonyl (C=O) groups is 2. The van der Waals surface area contributed by atoms with E-state index in [9.17, 15) is 14.4 Å². The SMILES string of the molecule is O=C(Nc1ccc2c(c1)OCO2)C1CCN(C(=O)Cn2cnc3sccc3c2=O)CC1. The van der Waals surface area contributed by atoms with E-state index in [1.807, 2.05) is 5.38 Å². The van der Waals surface area contributed by atoms with Crippen LogP contribution in [0.4, 0.5) is 5.69 Å². The third-order valence-corrected chi connectivity index (χ3v) is 6.44. The van der Waals surface area contributed by atoms with E-state index in [0.29, 0.717) is 53.3 Å². The van der Waals surface area contributed by atoms with Gasteiger partial charge in [0.05, 0.1) is 11.7 Å². The van der Waals surface area contributed by atoms with Crippen molar-refractivity contribution in [1.82, 2.24) is 14.5 Å². The van der Waals surface area contributed by atoms with Gasteiger partial charge in [0.2, 0.25) is 18.6 Å². The summed E-state index contributed by atoms with van der Waals surface area (Å²) in [5, 5.41) is 5.25. The normalized spacial score (nSPS) is 15.9.